The van der Waals surface area contributed by atoms with Gasteiger partial charge in [0, 0.05) is 35.6 Å². The minimum Gasteiger partial charge on any atom is -0.340 e. The summed E-state index contributed by atoms with van der Waals surface area (Å²) in [6.45, 7) is 0. The number of halogens is 3. The van der Waals surface area contributed by atoms with Crippen LogP contribution in [0.2, 0.25) is 0 Å². The molecule has 3 N–H and O–H groups in total. The summed E-state index contributed by atoms with van der Waals surface area (Å²) in [6.07, 6.45) is -0.975. The fraction of sp³-hybridized carbons (Fsp3) is 0.143. The number of anilines is 1. The van der Waals surface area contributed by atoms with Gasteiger partial charge in [-0.25, -0.2) is 4.99 Å². The molecule has 0 saturated carbocycles. The minimum atomic E-state index is -4.41. The van der Waals surface area contributed by atoms with Crippen molar-refractivity contribution >= 4 is 11.5 Å². The monoisotopic (exact) mass is 382 g/mol. The van der Waals surface area contributed by atoms with Crippen LogP contribution in [0.5, 0.6) is 0 Å². The Hall–Kier alpha value is -3.19. The number of para-hydroxylation sites is 1. The number of rotatable bonds is 3. The number of aliphatic imine (C=N–C) groups is 1. The van der Waals surface area contributed by atoms with E-state index in [4.69, 9.17) is 5.73 Å². The molecule has 0 amide bonds. The highest BCUT2D eigenvalue weighted by atomic mass is 19.4. The number of nitrogens with two attached hydrogens (primary N) is 1. The van der Waals surface area contributed by atoms with Crippen LogP contribution in [0.4, 0.5) is 18.9 Å². The number of benzene rings is 2. The van der Waals surface area contributed by atoms with Crippen LogP contribution in [0.15, 0.2) is 78.0 Å². The van der Waals surface area contributed by atoms with Gasteiger partial charge in [-0.3, -0.25) is 4.98 Å². The van der Waals surface area contributed by atoms with Crippen molar-refractivity contribution in [2.24, 2.45) is 10.7 Å². The smallest absolute Gasteiger partial charge is 0.340 e. The molecule has 0 spiro atoms. The number of fused-ring (bicyclic) bond motifs is 1. The Morgan fingerprint density at radius 2 is 1.82 bits per heavy atom. The molecule has 142 valence electrons. The molecule has 7 heteroatoms. The van der Waals surface area contributed by atoms with Crippen LogP contribution in [0, 0.1) is 0 Å². The standard InChI is InChI=1S/C21H17F3N4/c22-21(23,24)16-7-3-5-14(11-16)12-20(25)17-8-1-2-9-18(17)27-19(28-20)15-6-4-10-26-13-15/h1-11,13H,12,25H2,(H,27,28). The maximum atomic E-state index is 13.1. The summed E-state index contributed by atoms with van der Waals surface area (Å²) < 4.78 is 39.3. The van der Waals surface area contributed by atoms with E-state index in [2.05, 4.69) is 15.3 Å². The zero-order valence-electron chi connectivity index (χ0n) is 14.7. The van der Waals surface area contributed by atoms with Crippen molar-refractivity contribution < 1.29 is 13.2 Å². The van der Waals surface area contributed by atoms with Gasteiger partial charge in [-0.2, -0.15) is 13.2 Å². The summed E-state index contributed by atoms with van der Waals surface area (Å²) >= 11 is 0. The van der Waals surface area contributed by atoms with Gasteiger partial charge in [-0.05, 0) is 29.8 Å². The van der Waals surface area contributed by atoms with E-state index in [0.29, 0.717) is 11.4 Å². The molecule has 0 saturated heterocycles. The average Bonchev–Trinajstić information content (AvgIpc) is 2.68. The van der Waals surface area contributed by atoms with Crippen LogP contribution in [0.3, 0.4) is 0 Å². The highest BCUT2D eigenvalue weighted by Crippen LogP contribution is 2.36. The lowest BCUT2D eigenvalue weighted by Gasteiger charge is -2.34. The Balaban J connectivity index is 1.78. The van der Waals surface area contributed by atoms with Gasteiger partial charge in [-0.1, -0.05) is 36.4 Å². The van der Waals surface area contributed by atoms with E-state index >= 15 is 0 Å². The van der Waals surface area contributed by atoms with Crippen molar-refractivity contribution in [1.29, 1.82) is 0 Å². The topological polar surface area (TPSA) is 63.3 Å². The van der Waals surface area contributed by atoms with Crippen LogP contribution in [0.25, 0.3) is 0 Å². The minimum absolute atomic E-state index is 0.124. The number of hydrogen-bond donors (Lipinski definition) is 2. The van der Waals surface area contributed by atoms with E-state index in [9.17, 15) is 13.2 Å². The predicted molar refractivity (Wildman–Crippen MR) is 102 cm³/mol. The lowest BCUT2D eigenvalue weighted by Crippen LogP contribution is -2.43. The second kappa shape index (κ2) is 6.76. The molecule has 2 heterocycles. The van der Waals surface area contributed by atoms with Gasteiger partial charge in [0.05, 0.1) is 5.56 Å². The molecule has 1 atom stereocenters. The molecular weight excluding hydrogens is 365 g/mol. The van der Waals surface area contributed by atoms with Crippen LogP contribution < -0.4 is 11.1 Å². The van der Waals surface area contributed by atoms with E-state index in [0.717, 1.165) is 28.9 Å². The molecule has 1 aliphatic heterocycles. The van der Waals surface area contributed by atoms with Crippen LogP contribution in [0.1, 0.15) is 22.3 Å². The number of amidine groups is 1. The Morgan fingerprint density at radius 1 is 1.00 bits per heavy atom. The molecule has 1 unspecified atom stereocenters. The van der Waals surface area contributed by atoms with Gasteiger partial charge >= 0.3 is 6.18 Å². The summed E-state index contributed by atoms with van der Waals surface area (Å²) in [5.41, 5.74) is 7.45. The van der Waals surface area contributed by atoms with E-state index in [1.165, 1.54) is 6.07 Å². The zero-order valence-corrected chi connectivity index (χ0v) is 14.7. The SMILES string of the molecule is NC1(Cc2cccc(C(F)(F)F)c2)N=C(c2cccnc2)Nc2ccccc21. The summed E-state index contributed by atoms with van der Waals surface area (Å²) in [7, 11) is 0. The van der Waals surface area contributed by atoms with Crippen molar-refractivity contribution in [3.8, 4) is 0 Å². The molecule has 0 fully saturated rings. The van der Waals surface area contributed by atoms with E-state index in [1.807, 2.05) is 30.3 Å². The fourth-order valence-electron chi connectivity index (χ4n) is 3.33. The van der Waals surface area contributed by atoms with E-state index in [-0.39, 0.29) is 6.42 Å². The summed E-state index contributed by atoms with van der Waals surface area (Å²) in [6, 6.07) is 16.2. The molecule has 0 bridgehead atoms. The molecule has 4 nitrogen and oxygen atoms in total. The predicted octanol–water partition coefficient (Wildman–Crippen LogP) is 4.33. The largest absolute Gasteiger partial charge is 0.416 e. The third-order valence-corrected chi connectivity index (χ3v) is 4.62. The summed E-state index contributed by atoms with van der Waals surface area (Å²) in [5, 5.41) is 3.24. The van der Waals surface area contributed by atoms with Crippen molar-refractivity contribution in [3.05, 3.63) is 95.3 Å². The third kappa shape index (κ3) is 3.48. The third-order valence-electron chi connectivity index (χ3n) is 4.62. The molecule has 2 aromatic carbocycles. The van der Waals surface area contributed by atoms with Crippen LogP contribution >= 0.6 is 0 Å². The lowest BCUT2D eigenvalue weighted by molar-refractivity contribution is -0.137. The summed E-state index contributed by atoms with van der Waals surface area (Å²) in [4.78, 5) is 8.77. The molecular formula is C21H17F3N4. The lowest BCUT2D eigenvalue weighted by atomic mass is 9.89. The normalized spacial score (nSPS) is 18.8. The Bertz CT molecular complexity index is 1030. The molecule has 1 aromatic heterocycles. The Kier molecular flexibility index (Phi) is 4.39. The number of nitrogens with one attached hydrogen (secondary N) is 1. The number of nitrogens with zero attached hydrogens (tertiary/aromatic N) is 2. The number of hydrogen-bond acceptors (Lipinski definition) is 4. The number of alkyl halides is 3. The first-order valence-electron chi connectivity index (χ1n) is 8.67. The number of pyridine rings is 1. The Labute approximate surface area is 160 Å². The maximum absolute atomic E-state index is 13.1. The first kappa shape index (κ1) is 18.2. The van der Waals surface area contributed by atoms with Crippen molar-refractivity contribution in [3.63, 3.8) is 0 Å². The maximum Gasteiger partial charge on any atom is 0.416 e. The molecule has 4 rings (SSSR count). The van der Waals surface area contributed by atoms with Gasteiger partial charge in [0.15, 0.2) is 0 Å². The van der Waals surface area contributed by atoms with Gasteiger partial charge < -0.3 is 11.1 Å². The average molecular weight is 382 g/mol. The van der Waals surface area contributed by atoms with Crippen molar-refractivity contribution in [2.75, 3.05) is 5.32 Å². The molecule has 1 aliphatic rings. The van der Waals surface area contributed by atoms with Gasteiger partial charge in [-0.15, -0.1) is 0 Å². The molecule has 0 aliphatic carbocycles. The second-order valence-electron chi connectivity index (χ2n) is 6.67. The molecule has 0 radical (unpaired) electrons. The van der Waals surface area contributed by atoms with E-state index < -0.39 is 17.4 Å². The van der Waals surface area contributed by atoms with E-state index in [1.54, 1.807) is 24.5 Å². The highest BCUT2D eigenvalue weighted by molar-refractivity contribution is 6.09. The fourth-order valence-corrected chi connectivity index (χ4v) is 3.33. The Morgan fingerprint density at radius 3 is 2.57 bits per heavy atom. The van der Waals surface area contributed by atoms with Gasteiger partial charge in [0.25, 0.3) is 0 Å². The second-order valence-corrected chi connectivity index (χ2v) is 6.67. The number of aromatic nitrogens is 1. The zero-order chi connectivity index (χ0) is 19.8. The highest BCUT2D eigenvalue weighted by Gasteiger charge is 2.35. The van der Waals surface area contributed by atoms with Crippen LogP contribution in [-0.4, -0.2) is 10.8 Å². The quantitative estimate of drug-likeness (QED) is 0.709. The first-order valence-corrected chi connectivity index (χ1v) is 8.67. The van der Waals surface area contributed by atoms with Gasteiger partial charge in [0.2, 0.25) is 0 Å². The first-order chi connectivity index (χ1) is 13.4. The molecule has 3 aromatic rings. The van der Waals surface area contributed by atoms with Gasteiger partial charge in [0.1, 0.15) is 11.5 Å². The van der Waals surface area contributed by atoms with Crippen molar-refractivity contribution in [1.82, 2.24) is 4.98 Å². The summed E-state index contributed by atoms with van der Waals surface area (Å²) in [5.74, 6) is 0.529. The molecule has 28 heavy (non-hydrogen) atoms. The van der Waals surface area contributed by atoms with Crippen LogP contribution in [-0.2, 0) is 18.3 Å². The van der Waals surface area contributed by atoms with Crippen molar-refractivity contribution in [2.45, 2.75) is 18.3 Å².